The van der Waals surface area contributed by atoms with Crippen LogP contribution in [0.2, 0.25) is 5.02 Å². The number of carbonyl (C=O) groups excluding carboxylic acids is 1. The van der Waals surface area contributed by atoms with Crippen LogP contribution in [-0.2, 0) is 0 Å². The number of nitrogens with one attached hydrogen (secondary N) is 2. The Kier molecular flexibility index (Phi) is 4.86. The van der Waals surface area contributed by atoms with Gasteiger partial charge in [-0.1, -0.05) is 27.5 Å². The number of rotatable bonds is 5. The van der Waals surface area contributed by atoms with Crippen molar-refractivity contribution in [1.82, 2.24) is 10.3 Å². The van der Waals surface area contributed by atoms with E-state index in [-0.39, 0.29) is 22.7 Å². The monoisotopic (exact) mass is 453 g/mol. The first-order valence-corrected chi connectivity index (χ1v) is 10.1. The predicted molar refractivity (Wildman–Crippen MR) is 107 cm³/mol. The summed E-state index contributed by atoms with van der Waals surface area (Å²) in [6.45, 7) is 0.611. The van der Waals surface area contributed by atoms with Crippen molar-refractivity contribution in [3.63, 3.8) is 0 Å². The standard InChI is InChI=1S/C18H14BrClFN3OS/c19-10-3-4-13(12(20)5-10)24-16-11(18(25)22-7-9-1-2-9)6-14-17(15(16)21)23-8-26-14/h3-6,8-9,24H,1-2,7H2,(H,22,25). The highest BCUT2D eigenvalue weighted by Crippen LogP contribution is 2.35. The summed E-state index contributed by atoms with van der Waals surface area (Å²) in [7, 11) is 0. The minimum atomic E-state index is -0.556. The van der Waals surface area contributed by atoms with Gasteiger partial charge < -0.3 is 10.6 Å². The summed E-state index contributed by atoms with van der Waals surface area (Å²) in [5, 5.41) is 6.29. The Morgan fingerprint density at radius 3 is 2.92 bits per heavy atom. The van der Waals surface area contributed by atoms with E-state index >= 15 is 4.39 Å². The largest absolute Gasteiger partial charge is 0.352 e. The molecule has 2 N–H and O–H groups in total. The molecule has 8 heteroatoms. The van der Waals surface area contributed by atoms with E-state index in [4.69, 9.17) is 11.6 Å². The van der Waals surface area contributed by atoms with Gasteiger partial charge in [-0.05, 0) is 43.0 Å². The van der Waals surface area contributed by atoms with Gasteiger partial charge >= 0.3 is 0 Å². The molecule has 2 aromatic carbocycles. The first kappa shape index (κ1) is 17.7. The van der Waals surface area contributed by atoms with Crippen LogP contribution in [-0.4, -0.2) is 17.4 Å². The van der Waals surface area contributed by atoms with E-state index in [1.807, 2.05) is 0 Å². The van der Waals surface area contributed by atoms with E-state index in [2.05, 4.69) is 31.5 Å². The zero-order chi connectivity index (χ0) is 18.3. The Bertz CT molecular complexity index is 1010. The van der Waals surface area contributed by atoms with Gasteiger partial charge in [0, 0.05) is 11.0 Å². The Morgan fingerprint density at radius 1 is 1.38 bits per heavy atom. The third kappa shape index (κ3) is 3.56. The molecule has 0 unspecified atom stereocenters. The lowest BCUT2D eigenvalue weighted by Crippen LogP contribution is -2.26. The summed E-state index contributed by atoms with van der Waals surface area (Å²) >= 11 is 10.9. The molecule has 1 saturated carbocycles. The van der Waals surface area contributed by atoms with E-state index in [9.17, 15) is 4.79 Å². The van der Waals surface area contributed by atoms with Gasteiger partial charge in [0.15, 0.2) is 5.82 Å². The Balaban J connectivity index is 1.75. The van der Waals surface area contributed by atoms with Crippen molar-refractivity contribution in [1.29, 1.82) is 0 Å². The van der Waals surface area contributed by atoms with Crippen molar-refractivity contribution in [3.8, 4) is 0 Å². The number of amides is 1. The maximum Gasteiger partial charge on any atom is 0.253 e. The second-order valence-electron chi connectivity index (χ2n) is 6.21. The lowest BCUT2D eigenvalue weighted by atomic mass is 10.1. The van der Waals surface area contributed by atoms with Gasteiger partial charge in [0.2, 0.25) is 0 Å². The Morgan fingerprint density at radius 2 is 2.19 bits per heavy atom. The molecule has 134 valence electrons. The fourth-order valence-corrected chi connectivity index (χ4v) is 4.08. The maximum atomic E-state index is 15.1. The summed E-state index contributed by atoms with van der Waals surface area (Å²) in [5.74, 6) is -0.325. The molecule has 1 heterocycles. The van der Waals surface area contributed by atoms with Crippen molar-refractivity contribution >= 4 is 66.4 Å². The highest BCUT2D eigenvalue weighted by Gasteiger charge is 2.25. The molecule has 0 radical (unpaired) electrons. The Labute approximate surface area is 166 Å². The number of fused-ring (bicyclic) bond motifs is 1. The van der Waals surface area contributed by atoms with E-state index in [0.717, 1.165) is 17.3 Å². The number of nitrogens with zero attached hydrogens (tertiary/aromatic N) is 1. The molecule has 4 rings (SSSR count). The van der Waals surface area contributed by atoms with Crippen LogP contribution in [0.5, 0.6) is 0 Å². The third-order valence-electron chi connectivity index (χ3n) is 4.25. The second kappa shape index (κ2) is 7.13. The van der Waals surface area contributed by atoms with Crippen molar-refractivity contribution in [2.24, 2.45) is 5.92 Å². The molecule has 0 atom stereocenters. The van der Waals surface area contributed by atoms with Crippen LogP contribution in [0.15, 0.2) is 34.2 Å². The molecule has 0 bridgehead atoms. The highest BCUT2D eigenvalue weighted by atomic mass is 79.9. The van der Waals surface area contributed by atoms with Crippen molar-refractivity contribution in [3.05, 3.63) is 50.7 Å². The number of benzene rings is 2. The van der Waals surface area contributed by atoms with E-state index in [1.165, 1.54) is 11.3 Å². The average molecular weight is 455 g/mol. The number of carbonyl (C=O) groups is 1. The molecular formula is C18H14BrClFN3OS. The second-order valence-corrected chi connectivity index (χ2v) is 8.42. The van der Waals surface area contributed by atoms with Crippen LogP contribution in [0.25, 0.3) is 10.2 Å². The number of aromatic nitrogens is 1. The summed E-state index contributed by atoms with van der Waals surface area (Å²) in [6.07, 6.45) is 2.25. The fraction of sp³-hybridized carbons (Fsp3) is 0.222. The normalized spacial score (nSPS) is 13.8. The molecule has 1 fully saturated rings. The minimum Gasteiger partial charge on any atom is -0.352 e. The van der Waals surface area contributed by atoms with Crippen LogP contribution in [0.3, 0.4) is 0 Å². The van der Waals surface area contributed by atoms with Gasteiger partial charge in [0.25, 0.3) is 5.91 Å². The Hall–Kier alpha value is -1.70. The first-order valence-electron chi connectivity index (χ1n) is 8.09. The smallest absolute Gasteiger partial charge is 0.253 e. The maximum absolute atomic E-state index is 15.1. The van der Waals surface area contributed by atoms with Gasteiger partial charge in [-0.25, -0.2) is 9.37 Å². The molecule has 1 aliphatic carbocycles. The molecule has 0 spiro atoms. The summed E-state index contributed by atoms with van der Waals surface area (Å²) < 4.78 is 16.5. The van der Waals surface area contributed by atoms with Crippen molar-refractivity contribution in [2.45, 2.75) is 12.8 Å². The number of hydrogen-bond acceptors (Lipinski definition) is 4. The van der Waals surface area contributed by atoms with Crippen LogP contribution in [0.4, 0.5) is 15.8 Å². The highest BCUT2D eigenvalue weighted by molar-refractivity contribution is 9.10. The van der Waals surface area contributed by atoms with Crippen LogP contribution in [0.1, 0.15) is 23.2 Å². The first-order chi connectivity index (χ1) is 12.5. The number of hydrogen-bond donors (Lipinski definition) is 2. The van der Waals surface area contributed by atoms with Gasteiger partial charge in [-0.3, -0.25) is 4.79 Å². The van der Waals surface area contributed by atoms with Crippen LogP contribution < -0.4 is 10.6 Å². The van der Waals surface area contributed by atoms with E-state index in [0.29, 0.717) is 27.9 Å². The van der Waals surface area contributed by atoms with Gasteiger partial charge in [-0.2, -0.15) is 0 Å². The fourth-order valence-electron chi connectivity index (χ4n) is 2.64. The minimum absolute atomic E-state index is 0.0842. The number of anilines is 2. The molecule has 0 aliphatic heterocycles. The van der Waals surface area contributed by atoms with E-state index < -0.39 is 5.82 Å². The molecule has 4 nitrogen and oxygen atoms in total. The zero-order valence-electron chi connectivity index (χ0n) is 13.5. The van der Waals surface area contributed by atoms with Gasteiger partial charge in [-0.15, -0.1) is 11.3 Å². The van der Waals surface area contributed by atoms with Crippen molar-refractivity contribution in [2.75, 3.05) is 11.9 Å². The van der Waals surface area contributed by atoms with Crippen LogP contribution >= 0.6 is 38.9 Å². The average Bonchev–Trinajstić information content (AvgIpc) is 3.32. The molecule has 1 amide bonds. The molecule has 1 aliphatic rings. The molecule has 0 saturated heterocycles. The lowest BCUT2D eigenvalue weighted by Gasteiger charge is -2.15. The van der Waals surface area contributed by atoms with Gasteiger partial charge in [0.1, 0.15) is 5.52 Å². The van der Waals surface area contributed by atoms with Crippen molar-refractivity contribution < 1.29 is 9.18 Å². The molecule has 3 aromatic rings. The summed E-state index contributed by atoms with van der Waals surface area (Å²) in [6, 6.07) is 6.90. The number of thiazole rings is 1. The predicted octanol–water partition coefficient (Wildman–Crippen LogP) is 5.73. The topological polar surface area (TPSA) is 54.0 Å². The molecular weight excluding hydrogens is 441 g/mol. The van der Waals surface area contributed by atoms with E-state index in [1.54, 1.807) is 29.8 Å². The zero-order valence-corrected chi connectivity index (χ0v) is 16.6. The quantitative estimate of drug-likeness (QED) is 0.517. The lowest BCUT2D eigenvalue weighted by molar-refractivity contribution is 0.0952. The number of halogens is 3. The molecule has 1 aromatic heterocycles. The van der Waals surface area contributed by atoms with Gasteiger partial charge in [0.05, 0.1) is 32.2 Å². The SMILES string of the molecule is O=C(NCC1CC1)c1cc2scnc2c(F)c1Nc1ccc(Br)cc1Cl. The van der Waals surface area contributed by atoms with Crippen LogP contribution in [0, 0.1) is 11.7 Å². The third-order valence-corrected chi connectivity index (χ3v) is 5.83. The molecule has 26 heavy (non-hydrogen) atoms. The summed E-state index contributed by atoms with van der Waals surface area (Å²) in [5.41, 5.74) is 2.65. The summed E-state index contributed by atoms with van der Waals surface area (Å²) in [4.78, 5) is 16.7.